The summed E-state index contributed by atoms with van der Waals surface area (Å²) in [6.45, 7) is 6.12. The molecule has 0 heterocycles. The van der Waals surface area contributed by atoms with Gasteiger partial charge in [-0.1, -0.05) is 20.8 Å². The van der Waals surface area contributed by atoms with Crippen LogP contribution in [0.3, 0.4) is 0 Å². The van der Waals surface area contributed by atoms with E-state index in [0.29, 0.717) is 6.42 Å². The molecule has 2 amide bonds. The topological polar surface area (TPSA) is 81.9 Å². The zero-order valence-electron chi connectivity index (χ0n) is 11.1. The zero-order valence-corrected chi connectivity index (χ0v) is 11.1. The van der Waals surface area contributed by atoms with Gasteiger partial charge in [0.05, 0.1) is 7.11 Å². The van der Waals surface area contributed by atoms with Crippen LogP contribution in [0.1, 0.15) is 33.6 Å². The highest BCUT2D eigenvalue weighted by molar-refractivity contribution is 5.82. The molecule has 0 fully saturated rings. The lowest BCUT2D eigenvalue weighted by molar-refractivity contribution is -0.178. The number of primary amides is 1. The first-order valence-electron chi connectivity index (χ1n) is 5.45. The van der Waals surface area contributed by atoms with Crippen molar-refractivity contribution in [2.24, 2.45) is 11.1 Å². The van der Waals surface area contributed by atoms with Crippen LogP contribution >= 0.6 is 0 Å². The molecule has 6 heteroatoms. The molecule has 100 valence electrons. The summed E-state index contributed by atoms with van der Waals surface area (Å²) in [6.07, 6.45) is -0.703. The molecule has 0 spiro atoms. The van der Waals surface area contributed by atoms with Crippen molar-refractivity contribution < 1.29 is 19.2 Å². The van der Waals surface area contributed by atoms with Gasteiger partial charge in [0.1, 0.15) is 0 Å². The van der Waals surface area contributed by atoms with E-state index in [9.17, 15) is 9.59 Å². The Hall–Kier alpha value is -1.30. The highest BCUT2D eigenvalue weighted by Gasteiger charge is 2.27. The van der Waals surface area contributed by atoms with Crippen LogP contribution in [0.2, 0.25) is 0 Å². The first kappa shape index (κ1) is 15.7. The number of hydroxylamine groups is 2. The van der Waals surface area contributed by atoms with Gasteiger partial charge in [0, 0.05) is 7.05 Å². The second-order valence-corrected chi connectivity index (χ2v) is 5.04. The molecule has 6 nitrogen and oxygen atoms in total. The minimum Gasteiger partial charge on any atom is -0.436 e. The second-order valence-electron chi connectivity index (χ2n) is 5.04. The Morgan fingerprint density at radius 1 is 1.35 bits per heavy atom. The van der Waals surface area contributed by atoms with Gasteiger partial charge in [-0.25, -0.2) is 9.86 Å². The smallest absolute Gasteiger partial charge is 0.405 e. The van der Waals surface area contributed by atoms with Crippen LogP contribution in [0, 0.1) is 5.41 Å². The number of carbonyl (C=O) groups is 2. The molecule has 0 aromatic heterocycles. The van der Waals surface area contributed by atoms with Crippen molar-refractivity contribution in [1.82, 2.24) is 5.06 Å². The zero-order chi connectivity index (χ0) is 13.6. The van der Waals surface area contributed by atoms with Gasteiger partial charge >= 0.3 is 6.09 Å². The molecule has 2 N–H and O–H groups in total. The lowest BCUT2D eigenvalue weighted by atomic mass is 9.89. The number of carbonyl (C=O) groups excluding carboxylic acids is 2. The largest absolute Gasteiger partial charge is 0.436 e. The maximum absolute atomic E-state index is 11.8. The van der Waals surface area contributed by atoms with Gasteiger partial charge in [0.25, 0.3) is 5.91 Å². The third-order valence-corrected chi connectivity index (χ3v) is 2.27. The van der Waals surface area contributed by atoms with Gasteiger partial charge in [-0.05, 0) is 18.3 Å². The average molecular weight is 246 g/mol. The Kier molecular flexibility index (Phi) is 5.95. The highest BCUT2D eigenvalue weighted by atomic mass is 16.7. The fraction of sp³-hybridized carbons (Fsp3) is 0.818. The van der Waals surface area contributed by atoms with Crippen LogP contribution in [-0.4, -0.2) is 37.3 Å². The van der Waals surface area contributed by atoms with Gasteiger partial charge in [-0.2, -0.15) is 0 Å². The maximum atomic E-state index is 11.8. The Bertz CT molecular complexity index is 273. The van der Waals surface area contributed by atoms with Crippen LogP contribution in [0.5, 0.6) is 0 Å². The van der Waals surface area contributed by atoms with Gasteiger partial charge in [-0.15, -0.1) is 0 Å². The summed E-state index contributed by atoms with van der Waals surface area (Å²) >= 11 is 0. The Morgan fingerprint density at radius 2 is 1.88 bits per heavy atom. The maximum Gasteiger partial charge on any atom is 0.405 e. The van der Waals surface area contributed by atoms with E-state index in [2.05, 4.69) is 0 Å². The average Bonchev–Trinajstić information content (AvgIpc) is 2.20. The highest BCUT2D eigenvalue weighted by Crippen LogP contribution is 2.23. The van der Waals surface area contributed by atoms with Gasteiger partial charge in [0.15, 0.2) is 6.10 Å². The van der Waals surface area contributed by atoms with Crippen LogP contribution in [0.15, 0.2) is 0 Å². The van der Waals surface area contributed by atoms with E-state index in [1.165, 1.54) is 14.2 Å². The Balaban J connectivity index is 4.53. The number of nitrogens with zero attached hydrogens (tertiary/aromatic N) is 1. The SMILES string of the molecule is CON(C)C(=O)C(CCC(C)(C)C)OC(N)=O. The summed E-state index contributed by atoms with van der Waals surface area (Å²) in [5, 5.41) is 1.02. The van der Waals surface area contributed by atoms with E-state index in [1.807, 2.05) is 20.8 Å². The number of likely N-dealkylation sites (N-methyl/N-ethyl adjacent to an activating group) is 1. The molecule has 0 bridgehead atoms. The quantitative estimate of drug-likeness (QED) is 0.741. The third kappa shape index (κ3) is 6.78. The van der Waals surface area contributed by atoms with Crippen molar-refractivity contribution in [3.8, 4) is 0 Å². The lowest BCUT2D eigenvalue weighted by Crippen LogP contribution is -2.40. The fourth-order valence-electron chi connectivity index (χ4n) is 1.23. The lowest BCUT2D eigenvalue weighted by Gasteiger charge is -2.24. The molecule has 0 radical (unpaired) electrons. The van der Waals surface area contributed by atoms with E-state index in [4.69, 9.17) is 15.3 Å². The van der Waals surface area contributed by atoms with Gasteiger partial charge < -0.3 is 10.5 Å². The summed E-state index contributed by atoms with van der Waals surface area (Å²) < 4.78 is 4.80. The number of rotatable bonds is 5. The second kappa shape index (κ2) is 6.44. The summed E-state index contributed by atoms with van der Waals surface area (Å²) in [4.78, 5) is 27.3. The van der Waals surface area contributed by atoms with Gasteiger partial charge in [-0.3, -0.25) is 9.63 Å². The number of nitrogens with two attached hydrogens (primary N) is 1. The van der Waals surface area contributed by atoms with E-state index < -0.39 is 18.1 Å². The minimum absolute atomic E-state index is 0.0468. The standard InChI is InChI=1S/C11H22N2O4/c1-11(2,3)7-6-8(17-10(12)15)9(14)13(4)16-5/h8H,6-7H2,1-5H3,(H2,12,15). The molecule has 0 aliphatic carbocycles. The first-order valence-corrected chi connectivity index (χ1v) is 5.45. The molecule has 0 saturated carbocycles. The van der Waals surface area contributed by atoms with Crippen LogP contribution in [0.25, 0.3) is 0 Å². The Morgan fingerprint density at radius 3 is 2.24 bits per heavy atom. The minimum atomic E-state index is -0.957. The Labute approximate surface area is 102 Å². The molecule has 1 atom stereocenters. The normalized spacial score (nSPS) is 13.0. The molecular formula is C11H22N2O4. The predicted octanol–water partition coefficient (Wildman–Crippen LogP) is 1.30. The van der Waals surface area contributed by atoms with Crippen molar-refractivity contribution in [2.45, 2.75) is 39.7 Å². The fourth-order valence-corrected chi connectivity index (χ4v) is 1.23. The van der Waals surface area contributed by atoms with Crippen molar-refractivity contribution in [3.05, 3.63) is 0 Å². The van der Waals surface area contributed by atoms with Crippen molar-refractivity contribution in [1.29, 1.82) is 0 Å². The third-order valence-electron chi connectivity index (χ3n) is 2.27. The monoisotopic (exact) mass is 246 g/mol. The number of ether oxygens (including phenoxy) is 1. The van der Waals surface area contributed by atoms with Crippen LogP contribution in [-0.2, 0) is 14.4 Å². The first-order chi connectivity index (χ1) is 7.67. The molecule has 0 aliphatic heterocycles. The molecule has 0 aliphatic rings. The van der Waals surface area contributed by atoms with Gasteiger partial charge in [0.2, 0.25) is 0 Å². The van der Waals surface area contributed by atoms with Crippen LogP contribution < -0.4 is 5.73 Å². The van der Waals surface area contributed by atoms with E-state index >= 15 is 0 Å². The molecule has 0 aromatic carbocycles. The van der Waals surface area contributed by atoms with E-state index in [-0.39, 0.29) is 5.41 Å². The van der Waals surface area contributed by atoms with Crippen molar-refractivity contribution >= 4 is 12.0 Å². The van der Waals surface area contributed by atoms with E-state index in [0.717, 1.165) is 11.5 Å². The van der Waals surface area contributed by atoms with Crippen molar-refractivity contribution in [3.63, 3.8) is 0 Å². The predicted molar refractivity (Wildman–Crippen MR) is 62.9 cm³/mol. The van der Waals surface area contributed by atoms with Crippen LogP contribution in [0.4, 0.5) is 4.79 Å². The summed E-state index contributed by atoms with van der Waals surface area (Å²) in [5.74, 6) is -0.421. The molecule has 17 heavy (non-hydrogen) atoms. The molecule has 1 unspecified atom stereocenters. The summed E-state index contributed by atoms with van der Waals surface area (Å²) in [7, 11) is 2.82. The number of hydrogen-bond donors (Lipinski definition) is 1. The molecule has 0 aromatic rings. The summed E-state index contributed by atoms with van der Waals surface area (Å²) in [5.41, 5.74) is 4.99. The molecular weight excluding hydrogens is 224 g/mol. The number of amides is 2. The molecule has 0 rings (SSSR count). The van der Waals surface area contributed by atoms with Crippen molar-refractivity contribution in [2.75, 3.05) is 14.2 Å². The van der Waals surface area contributed by atoms with E-state index in [1.54, 1.807) is 0 Å². The summed E-state index contributed by atoms with van der Waals surface area (Å²) in [6, 6.07) is 0. The molecule has 0 saturated heterocycles. The number of hydrogen-bond acceptors (Lipinski definition) is 4.